The molecule has 1 aromatic rings. The maximum absolute atomic E-state index is 12.9. The van der Waals surface area contributed by atoms with Crippen LogP contribution in [-0.2, 0) is 9.47 Å². The SMILES string of the molecule is COCCOCCNc1ccc(F)cc1[N+](=O)[O-]. The Morgan fingerprint density at radius 2 is 2.17 bits per heavy atom. The minimum atomic E-state index is -0.636. The minimum Gasteiger partial charge on any atom is -0.382 e. The predicted octanol–water partition coefficient (Wildman–Crippen LogP) is 1.81. The van der Waals surface area contributed by atoms with Crippen molar-refractivity contribution in [1.29, 1.82) is 0 Å². The molecular weight excluding hydrogens is 243 g/mol. The molecular formula is C11H15FN2O4. The van der Waals surface area contributed by atoms with Crippen LogP contribution in [0.15, 0.2) is 18.2 Å². The van der Waals surface area contributed by atoms with Crippen molar-refractivity contribution >= 4 is 11.4 Å². The normalized spacial score (nSPS) is 10.3. The number of halogens is 1. The van der Waals surface area contributed by atoms with E-state index in [9.17, 15) is 14.5 Å². The second kappa shape index (κ2) is 7.57. The molecule has 100 valence electrons. The molecule has 1 aromatic carbocycles. The first-order valence-electron chi connectivity index (χ1n) is 5.39. The molecule has 0 aliphatic rings. The maximum atomic E-state index is 12.9. The molecule has 0 atom stereocenters. The zero-order valence-corrected chi connectivity index (χ0v) is 10.0. The molecule has 0 spiro atoms. The quantitative estimate of drug-likeness (QED) is 0.437. The molecule has 18 heavy (non-hydrogen) atoms. The van der Waals surface area contributed by atoms with Crippen molar-refractivity contribution in [2.45, 2.75) is 0 Å². The number of benzene rings is 1. The highest BCUT2D eigenvalue weighted by Crippen LogP contribution is 2.24. The maximum Gasteiger partial charge on any atom is 0.295 e. The van der Waals surface area contributed by atoms with Crippen molar-refractivity contribution in [2.75, 3.05) is 38.8 Å². The molecule has 1 N–H and O–H groups in total. The van der Waals surface area contributed by atoms with E-state index in [1.165, 1.54) is 12.1 Å². The number of nitrogens with zero attached hydrogens (tertiary/aromatic N) is 1. The van der Waals surface area contributed by atoms with Crippen LogP contribution in [0, 0.1) is 15.9 Å². The molecule has 0 aliphatic heterocycles. The van der Waals surface area contributed by atoms with E-state index in [0.717, 1.165) is 6.07 Å². The number of anilines is 1. The van der Waals surface area contributed by atoms with E-state index in [0.29, 0.717) is 26.4 Å². The molecule has 0 saturated heterocycles. The lowest BCUT2D eigenvalue weighted by atomic mass is 10.2. The summed E-state index contributed by atoms with van der Waals surface area (Å²) in [4.78, 5) is 10.1. The van der Waals surface area contributed by atoms with E-state index in [-0.39, 0.29) is 11.4 Å². The molecule has 0 heterocycles. The van der Waals surface area contributed by atoms with Crippen LogP contribution in [0.25, 0.3) is 0 Å². The summed E-state index contributed by atoms with van der Waals surface area (Å²) in [7, 11) is 1.57. The summed E-state index contributed by atoms with van der Waals surface area (Å²) < 4.78 is 22.8. The lowest BCUT2D eigenvalue weighted by molar-refractivity contribution is -0.384. The first kappa shape index (κ1) is 14.3. The zero-order valence-electron chi connectivity index (χ0n) is 10.0. The third-order valence-corrected chi connectivity index (χ3v) is 2.15. The van der Waals surface area contributed by atoms with E-state index in [4.69, 9.17) is 9.47 Å². The van der Waals surface area contributed by atoms with Crippen LogP contribution >= 0.6 is 0 Å². The summed E-state index contributed by atoms with van der Waals surface area (Å²) in [6.07, 6.45) is 0. The Labute approximate surface area is 104 Å². The van der Waals surface area contributed by atoms with Gasteiger partial charge in [0, 0.05) is 13.7 Å². The Kier molecular flexibility index (Phi) is 6.03. The second-order valence-electron chi connectivity index (χ2n) is 3.45. The van der Waals surface area contributed by atoms with Gasteiger partial charge in [-0.25, -0.2) is 4.39 Å². The van der Waals surface area contributed by atoms with Gasteiger partial charge in [-0.2, -0.15) is 0 Å². The predicted molar refractivity (Wildman–Crippen MR) is 64.2 cm³/mol. The van der Waals surface area contributed by atoms with Crippen molar-refractivity contribution in [3.63, 3.8) is 0 Å². The number of hydrogen-bond acceptors (Lipinski definition) is 5. The third kappa shape index (κ3) is 4.64. The number of nitro groups is 1. The van der Waals surface area contributed by atoms with Crippen LogP contribution in [0.1, 0.15) is 0 Å². The van der Waals surface area contributed by atoms with Crippen molar-refractivity contribution in [3.05, 3.63) is 34.1 Å². The van der Waals surface area contributed by atoms with Gasteiger partial charge in [-0.1, -0.05) is 0 Å². The number of ether oxygens (including phenoxy) is 2. The zero-order chi connectivity index (χ0) is 13.4. The van der Waals surface area contributed by atoms with Gasteiger partial charge in [0.2, 0.25) is 0 Å². The van der Waals surface area contributed by atoms with Gasteiger partial charge in [0.15, 0.2) is 0 Å². The lowest BCUT2D eigenvalue weighted by Crippen LogP contribution is -2.12. The van der Waals surface area contributed by atoms with Crippen LogP contribution < -0.4 is 5.32 Å². The average molecular weight is 258 g/mol. The smallest absolute Gasteiger partial charge is 0.295 e. The van der Waals surface area contributed by atoms with Crippen molar-refractivity contribution in [3.8, 4) is 0 Å². The number of rotatable bonds is 8. The Morgan fingerprint density at radius 1 is 1.39 bits per heavy atom. The number of methoxy groups -OCH3 is 1. The highest BCUT2D eigenvalue weighted by molar-refractivity contribution is 5.61. The summed E-state index contributed by atoms with van der Waals surface area (Å²) >= 11 is 0. The standard InChI is InChI=1S/C11H15FN2O4/c1-17-6-7-18-5-4-13-10-3-2-9(12)8-11(10)14(15)16/h2-3,8,13H,4-7H2,1H3. The molecule has 0 fully saturated rings. The molecule has 1 rings (SSSR count). The van der Waals surface area contributed by atoms with Gasteiger partial charge in [-0.3, -0.25) is 10.1 Å². The fourth-order valence-corrected chi connectivity index (χ4v) is 1.31. The number of nitrogens with one attached hydrogen (secondary N) is 1. The van der Waals surface area contributed by atoms with Gasteiger partial charge in [-0.15, -0.1) is 0 Å². The Morgan fingerprint density at radius 3 is 2.83 bits per heavy atom. The molecule has 0 amide bonds. The lowest BCUT2D eigenvalue weighted by Gasteiger charge is -2.07. The highest BCUT2D eigenvalue weighted by atomic mass is 19.1. The summed E-state index contributed by atoms with van der Waals surface area (Å²) in [5.74, 6) is -0.636. The van der Waals surface area contributed by atoms with E-state index >= 15 is 0 Å². The monoisotopic (exact) mass is 258 g/mol. The van der Waals surface area contributed by atoms with Gasteiger partial charge < -0.3 is 14.8 Å². The summed E-state index contributed by atoms with van der Waals surface area (Å²) in [6, 6.07) is 3.39. The first-order chi connectivity index (χ1) is 8.65. The van der Waals surface area contributed by atoms with Gasteiger partial charge in [0.05, 0.1) is 30.8 Å². The number of hydrogen-bond donors (Lipinski definition) is 1. The van der Waals surface area contributed by atoms with E-state index in [2.05, 4.69) is 5.32 Å². The second-order valence-corrected chi connectivity index (χ2v) is 3.45. The topological polar surface area (TPSA) is 73.6 Å². The highest BCUT2D eigenvalue weighted by Gasteiger charge is 2.14. The van der Waals surface area contributed by atoms with Crippen LogP contribution in [0.2, 0.25) is 0 Å². The van der Waals surface area contributed by atoms with Crippen molar-refractivity contribution in [2.24, 2.45) is 0 Å². The molecule has 0 aliphatic carbocycles. The molecule has 6 nitrogen and oxygen atoms in total. The van der Waals surface area contributed by atoms with Crippen molar-refractivity contribution < 1.29 is 18.8 Å². The van der Waals surface area contributed by atoms with E-state index < -0.39 is 10.7 Å². The number of nitro benzene ring substituents is 1. The summed E-state index contributed by atoms with van der Waals surface area (Å²) in [5.41, 5.74) is -0.0105. The van der Waals surface area contributed by atoms with Crippen LogP contribution in [0.3, 0.4) is 0 Å². The van der Waals surface area contributed by atoms with Gasteiger partial charge in [0.1, 0.15) is 11.5 Å². The van der Waals surface area contributed by atoms with E-state index in [1.54, 1.807) is 7.11 Å². The molecule has 7 heteroatoms. The molecule has 0 aromatic heterocycles. The molecule has 0 bridgehead atoms. The van der Waals surface area contributed by atoms with Gasteiger partial charge >= 0.3 is 0 Å². The minimum absolute atomic E-state index is 0.275. The third-order valence-electron chi connectivity index (χ3n) is 2.15. The fraction of sp³-hybridized carbons (Fsp3) is 0.455. The van der Waals surface area contributed by atoms with Gasteiger partial charge in [0.25, 0.3) is 5.69 Å². The van der Waals surface area contributed by atoms with Crippen LogP contribution in [0.5, 0.6) is 0 Å². The summed E-state index contributed by atoms with van der Waals surface area (Å²) in [5, 5.41) is 13.5. The Balaban J connectivity index is 2.44. The first-order valence-corrected chi connectivity index (χ1v) is 5.39. The van der Waals surface area contributed by atoms with Crippen LogP contribution in [0.4, 0.5) is 15.8 Å². The largest absolute Gasteiger partial charge is 0.382 e. The summed E-state index contributed by atoms with van der Waals surface area (Å²) in [6.45, 7) is 1.74. The van der Waals surface area contributed by atoms with E-state index in [1.807, 2.05) is 0 Å². The van der Waals surface area contributed by atoms with Crippen molar-refractivity contribution in [1.82, 2.24) is 0 Å². The molecule has 0 saturated carbocycles. The van der Waals surface area contributed by atoms with Crippen LogP contribution in [-0.4, -0.2) is 38.4 Å². The average Bonchev–Trinajstić information content (AvgIpc) is 2.35. The Hall–Kier alpha value is -1.73. The molecule has 0 radical (unpaired) electrons. The fourth-order valence-electron chi connectivity index (χ4n) is 1.31. The Bertz CT molecular complexity index is 401. The van der Waals surface area contributed by atoms with Gasteiger partial charge in [-0.05, 0) is 12.1 Å². The molecule has 0 unspecified atom stereocenters.